The minimum atomic E-state index is -0.800. The van der Waals surface area contributed by atoms with Crippen LogP contribution < -0.4 is 5.32 Å². The molecule has 0 aromatic heterocycles. The zero-order valence-corrected chi connectivity index (χ0v) is 15.9. The van der Waals surface area contributed by atoms with E-state index >= 15 is 0 Å². The molecule has 3 amide bonds. The number of nitrogens with zero attached hydrogens (tertiary/aromatic N) is 1. The summed E-state index contributed by atoms with van der Waals surface area (Å²) in [6.07, 6.45) is 1.65. The molecule has 0 aliphatic carbocycles. The van der Waals surface area contributed by atoms with Gasteiger partial charge in [0.05, 0.1) is 6.42 Å². The number of benzene rings is 2. The lowest BCUT2D eigenvalue weighted by molar-refractivity contribution is -0.151. The molecule has 0 bridgehead atoms. The average Bonchev–Trinajstić information content (AvgIpc) is 2.73. The Morgan fingerprint density at radius 3 is 2.52 bits per heavy atom. The van der Waals surface area contributed by atoms with Crippen LogP contribution in [0.2, 0.25) is 0 Å². The van der Waals surface area contributed by atoms with Gasteiger partial charge in [0.25, 0.3) is 11.8 Å². The fraction of sp³-hybridized carbons (Fsp3) is 0.273. The van der Waals surface area contributed by atoms with Gasteiger partial charge < -0.3 is 10.1 Å². The van der Waals surface area contributed by atoms with E-state index < -0.39 is 36.8 Å². The molecule has 2 aromatic carbocycles. The fourth-order valence-corrected chi connectivity index (χ4v) is 3.10. The first kappa shape index (κ1) is 20.3. The van der Waals surface area contributed by atoms with Crippen molar-refractivity contribution in [3.05, 3.63) is 71.3 Å². The Morgan fingerprint density at radius 2 is 1.72 bits per heavy atom. The molecule has 1 heterocycles. The van der Waals surface area contributed by atoms with Gasteiger partial charge in [0.2, 0.25) is 5.91 Å². The van der Waals surface area contributed by atoms with E-state index in [1.165, 1.54) is 5.56 Å². The minimum Gasteiger partial charge on any atom is -0.454 e. The van der Waals surface area contributed by atoms with E-state index in [-0.39, 0.29) is 6.42 Å². The number of hydrogen-bond donors (Lipinski definition) is 1. The highest BCUT2D eigenvalue weighted by Crippen LogP contribution is 2.19. The van der Waals surface area contributed by atoms with Crippen LogP contribution in [0.5, 0.6) is 0 Å². The number of imide groups is 1. The summed E-state index contributed by atoms with van der Waals surface area (Å²) in [5, 5.41) is 2.68. The van der Waals surface area contributed by atoms with Crippen molar-refractivity contribution in [1.82, 2.24) is 10.2 Å². The van der Waals surface area contributed by atoms with Crippen LogP contribution in [-0.4, -0.2) is 48.3 Å². The van der Waals surface area contributed by atoms with Crippen LogP contribution in [0, 0.1) is 0 Å². The molecule has 0 radical (unpaired) electrons. The summed E-state index contributed by atoms with van der Waals surface area (Å²) in [6.45, 7) is -0.491. The van der Waals surface area contributed by atoms with E-state index in [1.54, 1.807) is 24.3 Å². The lowest BCUT2D eigenvalue weighted by atomic mass is 9.98. The van der Waals surface area contributed by atoms with Crippen LogP contribution in [0.4, 0.5) is 0 Å². The third-order valence-corrected chi connectivity index (χ3v) is 4.59. The Labute approximate surface area is 168 Å². The second-order valence-electron chi connectivity index (χ2n) is 6.72. The highest BCUT2D eigenvalue weighted by molar-refractivity contribution is 6.11. The van der Waals surface area contributed by atoms with E-state index in [0.29, 0.717) is 17.7 Å². The van der Waals surface area contributed by atoms with Crippen LogP contribution in [0.15, 0.2) is 54.6 Å². The molecule has 0 unspecified atom stereocenters. The van der Waals surface area contributed by atoms with Gasteiger partial charge in [-0.05, 0) is 30.0 Å². The van der Waals surface area contributed by atoms with Crippen molar-refractivity contribution in [2.75, 3.05) is 19.7 Å². The number of carbonyl (C=O) groups is 4. The van der Waals surface area contributed by atoms with Crippen LogP contribution in [0.3, 0.4) is 0 Å². The first-order valence-corrected chi connectivity index (χ1v) is 9.43. The summed E-state index contributed by atoms with van der Waals surface area (Å²) in [7, 11) is 0. The Kier molecular flexibility index (Phi) is 6.73. The van der Waals surface area contributed by atoms with Crippen molar-refractivity contribution in [3.8, 4) is 0 Å². The normalized spacial score (nSPS) is 13.0. The summed E-state index contributed by atoms with van der Waals surface area (Å²) in [6, 6.07) is 16.7. The van der Waals surface area contributed by atoms with E-state index in [2.05, 4.69) is 5.32 Å². The highest BCUT2D eigenvalue weighted by atomic mass is 16.5. The Balaban J connectivity index is 1.39. The van der Waals surface area contributed by atoms with Gasteiger partial charge in [0.15, 0.2) is 6.61 Å². The molecular weight excluding hydrogens is 372 g/mol. The first-order chi connectivity index (χ1) is 14.0. The third-order valence-electron chi connectivity index (χ3n) is 4.59. The molecule has 0 spiro atoms. The molecule has 1 aliphatic heterocycles. The van der Waals surface area contributed by atoms with Crippen LogP contribution in [0.25, 0.3) is 0 Å². The van der Waals surface area contributed by atoms with Crippen LogP contribution in [-0.2, 0) is 32.0 Å². The molecule has 0 atom stereocenters. The molecule has 0 saturated carbocycles. The molecule has 7 nitrogen and oxygen atoms in total. The summed E-state index contributed by atoms with van der Waals surface area (Å²) in [5.41, 5.74) is 2.23. The van der Waals surface area contributed by atoms with Crippen molar-refractivity contribution in [3.63, 3.8) is 0 Å². The van der Waals surface area contributed by atoms with Gasteiger partial charge >= 0.3 is 5.97 Å². The second-order valence-corrected chi connectivity index (χ2v) is 6.72. The minimum absolute atomic E-state index is 0.0527. The van der Waals surface area contributed by atoms with Crippen molar-refractivity contribution in [2.45, 2.75) is 19.3 Å². The largest absolute Gasteiger partial charge is 0.454 e. The van der Waals surface area contributed by atoms with Gasteiger partial charge in [0, 0.05) is 12.1 Å². The van der Waals surface area contributed by atoms with Gasteiger partial charge in [-0.15, -0.1) is 0 Å². The second kappa shape index (κ2) is 9.64. The Morgan fingerprint density at radius 1 is 1.00 bits per heavy atom. The first-order valence-electron chi connectivity index (χ1n) is 9.43. The molecule has 1 aliphatic rings. The van der Waals surface area contributed by atoms with Gasteiger partial charge in [-0.3, -0.25) is 24.1 Å². The maximum Gasteiger partial charge on any atom is 0.326 e. The van der Waals surface area contributed by atoms with E-state index in [4.69, 9.17) is 4.74 Å². The number of rotatable bonds is 8. The topological polar surface area (TPSA) is 92.8 Å². The quantitative estimate of drug-likeness (QED) is 0.416. The van der Waals surface area contributed by atoms with Gasteiger partial charge in [-0.1, -0.05) is 48.5 Å². The van der Waals surface area contributed by atoms with Gasteiger partial charge in [-0.2, -0.15) is 0 Å². The lowest BCUT2D eigenvalue weighted by Crippen LogP contribution is -2.45. The van der Waals surface area contributed by atoms with Gasteiger partial charge in [0.1, 0.15) is 6.54 Å². The predicted octanol–water partition coefficient (Wildman–Crippen LogP) is 1.50. The molecular formula is C22H22N2O5. The van der Waals surface area contributed by atoms with Gasteiger partial charge in [-0.25, -0.2) is 0 Å². The summed E-state index contributed by atoms with van der Waals surface area (Å²) < 4.78 is 4.91. The Hall–Kier alpha value is -3.48. The fourth-order valence-electron chi connectivity index (χ4n) is 3.10. The number of esters is 1. The highest BCUT2D eigenvalue weighted by Gasteiger charge is 2.32. The zero-order valence-electron chi connectivity index (χ0n) is 15.9. The molecule has 29 heavy (non-hydrogen) atoms. The number of amides is 3. The maximum absolute atomic E-state index is 12.4. The number of carbonyl (C=O) groups excluding carboxylic acids is 4. The monoisotopic (exact) mass is 394 g/mol. The number of fused-ring (bicyclic) bond motifs is 1. The molecule has 3 rings (SSSR count). The number of hydrogen-bond acceptors (Lipinski definition) is 5. The number of aryl methyl sites for hydroxylation is 1. The lowest BCUT2D eigenvalue weighted by Gasteiger charge is -2.25. The van der Waals surface area contributed by atoms with Crippen molar-refractivity contribution >= 4 is 23.7 Å². The Bertz CT molecular complexity index is 910. The van der Waals surface area contributed by atoms with Crippen molar-refractivity contribution < 1.29 is 23.9 Å². The SMILES string of the molecule is O=C(COC(=O)CN1C(=O)Cc2ccccc2C1=O)NCCCc1ccccc1. The third kappa shape index (κ3) is 5.51. The number of nitrogens with one attached hydrogen (secondary N) is 1. The van der Waals surface area contributed by atoms with Crippen molar-refractivity contribution in [1.29, 1.82) is 0 Å². The van der Waals surface area contributed by atoms with E-state index in [9.17, 15) is 19.2 Å². The molecule has 150 valence electrons. The number of ether oxygens (including phenoxy) is 1. The molecule has 0 fully saturated rings. The smallest absolute Gasteiger partial charge is 0.326 e. The summed E-state index contributed by atoms with van der Waals surface area (Å²) in [4.78, 5) is 49.2. The standard InChI is InChI=1S/C22H22N2O5/c25-19(23-12-6-9-16-7-2-1-3-8-16)15-29-21(27)14-24-20(26)13-17-10-4-5-11-18(17)22(24)28/h1-5,7-8,10-11H,6,9,12-15H2,(H,23,25). The summed E-state index contributed by atoms with van der Waals surface area (Å²) in [5.74, 6) is -2.21. The molecule has 1 N–H and O–H groups in total. The molecule has 2 aromatic rings. The van der Waals surface area contributed by atoms with Crippen LogP contribution >= 0.6 is 0 Å². The maximum atomic E-state index is 12.4. The van der Waals surface area contributed by atoms with Crippen molar-refractivity contribution in [2.24, 2.45) is 0 Å². The average molecular weight is 394 g/mol. The summed E-state index contributed by atoms with van der Waals surface area (Å²) >= 11 is 0. The molecule has 0 saturated heterocycles. The van der Waals surface area contributed by atoms with Crippen LogP contribution in [0.1, 0.15) is 27.9 Å². The zero-order chi connectivity index (χ0) is 20.6. The van der Waals surface area contributed by atoms with E-state index in [0.717, 1.165) is 17.7 Å². The predicted molar refractivity (Wildman–Crippen MR) is 105 cm³/mol. The molecule has 7 heteroatoms. The van der Waals surface area contributed by atoms with E-state index in [1.807, 2.05) is 30.3 Å².